The molecule has 0 rings (SSSR count). The van der Waals surface area contributed by atoms with Crippen molar-refractivity contribution in [1.29, 1.82) is 0 Å². The van der Waals surface area contributed by atoms with E-state index < -0.39 is 23.6 Å². The van der Waals surface area contributed by atoms with Crippen LogP contribution in [-0.4, -0.2) is 26.2 Å². The molecule has 8 heteroatoms. The van der Waals surface area contributed by atoms with Crippen molar-refractivity contribution in [3.05, 3.63) is 0 Å². The quantitative estimate of drug-likeness (QED) is 0.697. The summed E-state index contributed by atoms with van der Waals surface area (Å²) in [6, 6.07) is 0. The number of halogens is 3. The summed E-state index contributed by atoms with van der Waals surface area (Å²) in [6.07, 6.45) is 4.21. The Balaban J connectivity index is 4.51. The van der Waals surface area contributed by atoms with Crippen molar-refractivity contribution in [2.24, 2.45) is 0 Å². The molecule has 0 saturated carbocycles. The van der Waals surface area contributed by atoms with Crippen molar-refractivity contribution in [2.45, 2.75) is 45.0 Å². The van der Waals surface area contributed by atoms with Gasteiger partial charge in [-0.3, -0.25) is 0 Å². The third kappa shape index (κ3) is 6.58. The fourth-order valence-corrected chi connectivity index (χ4v) is 5.25. The standard InChI is InChI=1S/C9H19F3NO2PS/c1-3-5-7-16(8-6-4-2)13-17(14,15)9(10,11)12/h13H,3-8H2,1-2H3. The lowest BCUT2D eigenvalue weighted by atomic mass is 10.4. The first-order valence-corrected chi connectivity index (χ1v) is 8.77. The molecule has 0 fully saturated rings. The SMILES string of the molecule is CCCCP(CCCC)NS(=O)(=O)C(F)(F)F. The van der Waals surface area contributed by atoms with Crippen LogP contribution in [0.4, 0.5) is 13.2 Å². The monoisotopic (exact) mass is 293 g/mol. The van der Waals surface area contributed by atoms with Crippen molar-refractivity contribution in [2.75, 3.05) is 12.3 Å². The van der Waals surface area contributed by atoms with Crippen molar-refractivity contribution >= 4 is 18.1 Å². The molecule has 0 aliphatic heterocycles. The lowest BCUT2D eigenvalue weighted by molar-refractivity contribution is -0.0441. The largest absolute Gasteiger partial charge is 0.511 e. The molecule has 0 unspecified atom stereocenters. The molecule has 17 heavy (non-hydrogen) atoms. The molecule has 0 aromatic heterocycles. The third-order valence-electron chi connectivity index (χ3n) is 2.12. The zero-order chi connectivity index (χ0) is 13.5. The summed E-state index contributed by atoms with van der Waals surface area (Å²) in [5.41, 5.74) is -5.20. The van der Waals surface area contributed by atoms with E-state index >= 15 is 0 Å². The summed E-state index contributed by atoms with van der Waals surface area (Å²) in [6.45, 7) is 3.84. The van der Waals surface area contributed by atoms with E-state index in [1.54, 1.807) is 0 Å². The third-order valence-corrected chi connectivity index (χ3v) is 6.43. The highest BCUT2D eigenvalue weighted by Gasteiger charge is 2.46. The number of alkyl halides is 3. The number of hydrogen-bond acceptors (Lipinski definition) is 2. The van der Waals surface area contributed by atoms with Gasteiger partial charge in [0.1, 0.15) is 0 Å². The van der Waals surface area contributed by atoms with Crippen molar-refractivity contribution in [1.82, 2.24) is 4.49 Å². The molecule has 0 aromatic rings. The van der Waals surface area contributed by atoms with Gasteiger partial charge in [0.15, 0.2) is 0 Å². The van der Waals surface area contributed by atoms with Gasteiger partial charge in [-0.25, -0.2) is 8.42 Å². The summed E-state index contributed by atoms with van der Waals surface area (Å²) in [7, 11) is -6.46. The van der Waals surface area contributed by atoms with E-state index in [2.05, 4.69) is 0 Å². The summed E-state index contributed by atoms with van der Waals surface area (Å²) in [5.74, 6) is 0. The van der Waals surface area contributed by atoms with E-state index in [4.69, 9.17) is 0 Å². The lowest BCUT2D eigenvalue weighted by Crippen LogP contribution is -2.34. The highest BCUT2D eigenvalue weighted by Crippen LogP contribution is 2.37. The Hall–Kier alpha value is 0.130. The van der Waals surface area contributed by atoms with Gasteiger partial charge >= 0.3 is 15.5 Å². The van der Waals surface area contributed by atoms with E-state index in [0.29, 0.717) is 12.3 Å². The van der Waals surface area contributed by atoms with Crippen LogP contribution in [0.2, 0.25) is 0 Å². The van der Waals surface area contributed by atoms with Gasteiger partial charge in [0.2, 0.25) is 0 Å². The summed E-state index contributed by atoms with van der Waals surface area (Å²) >= 11 is 0. The van der Waals surface area contributed by atoms with Crippen LogP contribution in [0.25, 0.3) is 0 Å². The Morgan fingerprint density at radius 1 is 1.06 bits per heavy atom. The Morgan fingerprint density at radius 2 is 1.47 bits per heavy atom. The minimum atomic E-state index is -5.20. The second-order valence-corrected chi connectivity index (χ2v) is 7.91. The van der Waals surface area contributed by atoms with E-state index in [1.165, 1.54) is 0 Å². The number of unbranched alkanes of at least 4 members (excludes halogenated alkanes) is 2. The van der Waals surface area contributed by atoms with Crippen molar-refractivity contribution < 1.29 is 21.6 Å². The first-order chi connectivity index (χ1) is 7.74. The molecule has 0 spiro atoms. The highest BCUT2D eigenvalue weighted by atomic mass is 32.2. The summed E-state index contributed by atoms with van der Waals surface area (Å²) in [4.78, 5) is 0. The molecule has 104 valence electrons. The van der Waals surface area contributed by atoms with Gasteiger partial charge in [0.25, 0.3) is 0 Å². The fourth-order valence-electron chi connectivity index (χ4n) is 1.12. The average Bonchev–Trinajstić information content (AvgIpc) is 2.20. The maximum Gasteiger partial charge on any atom is 0.511 e. The van der Waals surface area contributed by atoms with Gasteiger partial charge in [0, 0.05) is 0 Å². The molecule has 0 aromatic carbocycles. The molecule has 0 bridgehead atoms. The molecular formula is C9H19F3NO2PS. The van der Waals surface area contributed by atoms with Crippen LogP contribution in [-0.2, 0) is 10.0 Å². The van der Waals surface area contributed by atoms with Crippen LogP contribution in [0.5, 0.6) is 0 Å². The zero-order valence-electron chi connectivity index (χ0n) is 10.0. The number of nitrogens with one attached hydrogen (secondary N) is 1. The van der Waals surface area contributed by atoms with Gasteiger partial charge in [-0.2, -0.15) is 17.7 Å². The highest BCUT2D eigenvalue weighted by molar-refractivity contribution is 7.95. The van der Waals surface area contributed by atoms with E-state index in [-0.39, 0.29) is 0 Å². The number of hydrogen-bond donors (Lipinski definition) is 1. The molecule has 0 atom stereocenters. The van der Waals surface area contributed by atoms with Crippen LogP contribution in [0.3, 0.4) is 0 Å². The minimum Gasteiger partial charge on any atom is -0.203 e. The maximum absolute atomic E-state index is 12.2. The van der Waals surface area contributed by atoms with Gasteiger partial charge in [-0.15, -0.1) is 0 Å². The van der Waals surface area contributed by atoms with Gasteiger partial charge < -0.3 is 0 Å². The predicted octanol–water partition coefficient (Wildman–Crippen LogP) is 3.42. The van der Waals surface area contributed by atoms with Crippen LogP contribution in [0, 0.1) is 0 Å². The van der Waals surface area contributed by atoms with Gasteiger partial charge in [-0.1, -0.05) is 26.7 Å². The summed E-state index contributed by atoms with van der Waals surface area (Å²) in [5, 5.41) is 0. The second-order valence-electron chi connectivity index (χ2n) is 3.73. The molecular weight excluding hydrogens is 274 g/mol. The molecule has 1 N–H and O–H groups in total. The molecule has 0 heterocycles. The molecule has 0 radical (unpaired) electrons. The average molecular weight is 293 g/mol. The van der Waals surface area contributed by atoms with Gasteiger partial charge in [-0.05, 0) is 33.2 Å². The van der Waals surface area contributed by atoms with E-state index in [9.17, 15) is 21.6 Å². The van der Waals surface area contributed by atoms with Crippen LogP contribution in [0.1, 0.15) is 39.5 Å². The minimum absolute atomic E-state index is 0.515. The first-order valence-electron chi connectivity index (χ1n) is 5.58. The van der Waals surface area contributed by atoms with E-state index in [1.807, 2.05) is 18.3 Å². The number of rotatable bonds is 8. The number of sulfonamides is 1. The Bertz CT molecular complexity index is 298. The second kappa shape index (κ2) is 7.54. The normalized spacial score (nSPS) is 13.3. The molecule has 0 aliphatic carbocycles. The van der Waals surface area contributed by atoms with Crippen LogP contribution >= 0.6 is 8.07 Å². The topological polar surface area (TPSA) is 46.2 Å². The smallest absolute Gasteiger partial charge is 0.203 e. The van der Waals surface area contributed by atoms with Crippen LogP contribution in [0.15, 0.2) is 0 Å². The predicted molar refractivity (Wildman–Crippen MR) is 64.6 cm³/mol. The Morgan fingerprint density at radius 3 is 1.76 bits per heavy atom. The van der Waals surface area contributed by atoms with Crippen molar-refractivity contribution in [3.8, 4) is 0 Å². The van der Waals surface area contributed by atoms with E-state index in [0.717, 1.165) is 25.7 Å². The Labute approximate surface area is 102 Å². The zero-order valence-corrected chi connectivity index (χ0v) is 11.8. The fraction of sp³-hybridized carbons (Fsp3) is 1.00. The molecule has 0 aliphatic rings. The summed E-state index contributed by atoms with van der Waals surface area (Å²) < 4.78 is 60.3. The maximum atomic E-state index is 12.2. The van der Waals surface area contributed by atoms with Crippen LogP contribution < -0.4 is 4.49 Å². The molecule has 0 amide bonds. The Kier molecular flexibility index (Phi) is 7.60. The molecule has 0 saturated heterocycles. The first kappa shape index (κ1) is 17.1. The lowest BCUT2D eigenvalue weighted by Gasteiger charge is -2.19. The van der Waals surface area contributed by atoms with Gasteiger partial charge in [0.05, 0.1) is 0 Å². The molecule has 3 nitrogen and oxygen atoms in total. The van der Waals surface area contributed by atoms with Crippen molar-refractivity contribution in [3.63, 3.8) is 0 Å².